The highest BCUT2D eigenvalue weighted by atomic mass is 32.2. The van der Waals surface area contributed by atoms with Gasteiger partial charge in [-0.2, -0.15) is 0 Å². The van der Waals surface area contributed by atoms with Crippen LogP contribution in [0.2, 0.25) is 0 Å². The van der Waals surface area contributed by atoms with Crippen LogP contribution in [-0.4, -0.2) is 40.3 Å². The first-order valence-electron chi connectivity index (χ1n) is 6.75. The maximum atomic E-state index is 12.3. The van der Waals surface area contributed by atoms with Gasteiger partial charge in [0.2, 0.25) is 11.0 Å². The Bertz CT molecular complexity index is 643. The molecule has 0 spiro atoms. The predicted molar refractivity (Wildman–Crippen MR) is 85.7 cm³/mol. The lowest BCUT2D eigenvalue weighted by Gasteiger charge is -2.28. The zero-order chi connectivity index (χ0) is 14.7. The van der Waals surface area contributed by atoms with Crippen LogP contribution in [0.4, 0.5) is 5.13 Å². The minimum absolute atomic E-state index is 0.163. The van der Waals surface area contributed by atoms with Crippen molar-refractivity contribution in [1.82, 2.24) is 15.1 Å². The average Bonchev–Trinajstić information content (AvgIpc) is 3.00. The fourth-order valence-electron chi connectivity index (χ4n) is 2.29. The molecule has 5 nitrogen and oxygen atoms in total. The van der Waals surface area contributed by atoms with E-state index in [1.54, 1.807) is 0 Å². The zero-order valence-electron chi connectivity index (χ0n) is 11.7. The van der Waals surface area contributed by atoms with Gasteiger partial charge in [0.1, 0.15) is 0 Å². The topological polar surface area (TPSA) is 58.1 Å². The predicted octanol–water partition coefficient (Wildman–Crippen LogP) is 2.26. The second-order valence-electron chi connectivity index (χ2n) is 4.75. The fourth-order valence-corrected chi connectivity index (χ4v) is 3.90. The van der Waals surface area contributed by atoms with Gasteiger partial charge in [0, 0.05) is 20.1 Å². The van der Waals surface area contributed by atoms with E-state index in [9.17, 15) is 4.79 Å². The first-order chi connectivity index (χ1) is 10.3. The van der Waals surface area contributed by atoms with E-state index in [0.29, 0.717) is 12.3 Å². The summed E-state index contributed by atoms with van der Waals surface area (Å²) in [7, 11) is 1.81. The SMILES string of the molecule is CNc1nnc(SCC(=O)N2CCc3ccccc3C2)s1. The molecule has 1 aliphatic heterocycles. The summed E-state index contributed by atoms with van der Waals surface area (Å²) in [6.07, 6.45) is 0.940. The third-order valence-electron chi connectivity index (χ3n) is 3.42. The molecule has 7 heteroatoms. The fraction of sp³-hybridized carbons (Fsp3) is 0.357. The molecule has 21 heavy (non-hydrogen) atoms. The highest BCUT2D eigenvalue weighted by molar-refractivity contribution is 8.01. The zero-order valence-corrected chi connectivity index (χ0v) is 13.3. The van der Waals surface area contributed by atoms with Crippen molar-refractivity contribution in [2.75, 3.05) is 24.7 Å². The van der Waals surface area contributed by atoms with Gasteiger partial charge in [0.05, 0.1) is 5.75 Å². The molecule has 0 saturated carbocycles. The van der Waals surface area contributed by atoms with Gasteiger partial charge in [-0.1, -0.05) is 47.4 Å². The van der Waals surface area contributed by atoms with Crippen LogP contribution in [0.15, 0.2) is 28.6 Å². The minimum Gasteiger partial charge on any atom is -0.363 e. The number of benzene rings is 1. The molecule has 1 amide bonds. The van der Waals surface area contributed by atoms with E-state index >= 15 is 0 Å². The van der Waals surface area contributed by atoms with Crippen LogP contribution in [0.3, 0.4) is 0 Å². The molecule has 0 bridgehead atoms. The standard InChI is InChI=1S/C14H16N4OS2/c1-15-13-16-17-14(21-13)20-9-12(19)18-7-6-10-4-2-3-5-11(10)8-18/h2-5H,6-9H2,1H3,(H,15,16). The molecular weight excluding hydrogens is 304 g/mol. The van der Waals surface area contributed by atoms with E-state index in [-0.39, 0.29) is 5.91 Å². The van der Waals surface area contributed by atoms with Gasteiger partial charge < -0.3 is 10.2 Å². The van der Waals surface area contributed by atoms with E-state index in [1.807, 2.05) is 18.0 Å². The van der Waals surface area contributed by atoms with Gasteiger partial charge in [0.15, 0.2) is 4.34 Å². The number of nitrogens with one attached hydrogen (secondary N) is 1. The first kappa shape index (κ1) is 14.3. The minimum atomic E-state index is 0.163. The second-order valence-corrected chi connectivity index (χ2v) is 6.95. The third-order valence-corrected chi connectivity index (χ3v) is 5.48. The van der Waals surface area contributed by atoms with Gasteiger partial charge >= 0.3 is 0 Å². The average molecular weight is 320 g/mol. The van der Waals surface area contributed by atoms with E-state index in [1.165, 1.54) is 34.2 Å². The number of hydrogen-bond donors (Lipinski definition) is 1. The summed E-state index contributed by atoms with van der Waals surface area (Å²) < 4.78 is 0.824. The Balaban J connectivity index is 1.57. The van der Waals surface area contributed by atoms with Gasteiger partial charge in [0.25, 0.3) is 0 Å². The van der Waals surface area contributed by atoms with Crippen LogP contribution in [0, 0.1) is 0 Å². The molecule has 1 aromatic carbocycles. The third kappa shape index (κ3) is 3.36. The van der Waals surface area contributed by atoms with E-state index in [0.717, 1.165) is 22.4 Å². The summed E-state index contributed by atoms with van der Waals surface area (Å²) >= 11 is 2.92. The van der Waals surface area contributed by atoms with Crippen molar-refractivity contribution in [2.45, 2.75) is 17.3 Å². The summed E-state index contributed by atoms with van der Waals surface area (Å²) in [6, 6.07) is 8.33. The maximum absolute atomic E-state index is 12.3. The quantitative estimate of drug-likeness (QED) is 0.876. The van der Waals surface area contributed by atoms with E-state index < -0.39 is 0 Å². The largest absolute Gasteiger partial charge is 0.363 e. The highest BCUT2D eigenvalue weighted by Gasteiger charge is 2.20. The molecule has 0 unspecified atom stereocenters. The second kappa shape index (κ2) is 6.44. The number of hydrogen-bond acceptors (Lipinski definition) is 6. The van der Waals surface area contributed by atoms with Crippen LogP contribution in [-0.2, 0) is 17.8 Å². The van der Waals surface area contributed by atoms with E-state index in [2.05, 4.69) is 33.7 Å². The molecule has 110 valence electrons. The number of thioether (sulfide) groups is 1. The number of aromatic nitrogens is 2. The van der Waals surface area contributed by atoms with Crippen LogP contribution in [0.1, 0.15) is 11.1 Å². The van der Waals surface area contributed by atoms with Crippen molar-refractivity contribution in [2.24, 2.45) is 0 Å². The van der Waals surface area contributed by atoms with Crippen LogP contribution in [0.25, 0.3) is 0 Å². The van der Waals surface area contributed by atoms with Crippen molar-refractivity contribution < 1.29 is 4.79 Å². The lowest BCUT2D eigenvalue weighted by atomic mass is 10.00. The number of carbonyl (C=O) groups is 1. The Morgan fingerprint density at radius 1 is 1.38 bits per heavy atom. The normalized spacial score (nSPS) is 13.9. The van der Waals surface area contributed by atoms with Crippen molar-refractivity contribution in [3.8, 4) is 0 Å². The number of carbonyl (C=O) groups excluding carboxylic acids is 1. The van der Waals surface area contributed by atoms with Crippen LogP contribution < -0.4 is 5.32 Å². The molecule has 2 aromatic rings. The Hall–Kier alpha value is -1.60. The van der Waals surface area contributed by atoms with Crippen molar-refractivity contribution >= 4 is 34.1 Å². The Labute approximate surface area is 131 Å². The highest BCUT2D eigenvalue weighted by Crippen LogP contribution is 2.26. The summed E-state index contributed by atoms with van der Waals surface area (Å²) in [5.41, 5.74) is 2.62. The summed E-state index contributed by atoms with van der Waals surface area (Å²) in [5, 5.41) is 11.7. The lowest BCUT2D eigenvalue weighted by molar-refractivity contribution is -0.129. The Kier molecular flexibility index (Phi) is 4.40. The Morgan fingerprint density at radius 2 is 2.19 bits per heavy atom. The first-order valence-corrected chi connectivity index (χ1v) is 8.55. The van der Waals surface area contributed by atoms with Gasteiger partial charge in [-0.25, -0.2) is 0 Å². The van der Waals surface area contributed by atoms with Crippen LogP contribution >= 0.6 is 23.1 Å². The van der Waals surface area contributed by atoms with Crippen molar-refractivity contribution in [3.63, 3.8) is 0 Å². The van der Waals surface area contributed by atoms with E-state index in [4.69, 9.17) is 0 Å². The van der Waals surface area contributed by atoms with Gasteiger partial charge in [-0.3, -0.25) is 4.79 Å². The summed E-state index contributed by atoms with van der Waals surface area (Å²) in [6.45, 7) is 1.52. The molecule has 1 aliphatic rings. The van der Waals surface area contributed by atoms with Gasteiger partial charge in [-0.05, 0) is 17.5 Å². The molecule has 3 rings (SSSR count). The van der Waals surface area contributed by atoms with Gasteiger partial charge in [-0.15, -0.1) is 10.2 Å². The molecule has 1 aromatic heterocycles. The molecule has 0 saturated heterocycles. The molecule has 0 atom stereocenters. The molecular formula is C14H16N4OS2. The molecule has 2 heterocycles. The number of anilines is 1. The van der Waals surface area contributed by atoms with Crippen molar-refractivity contribution in [3.05, 3.63) is 35.4 Å². The summed E-state index contributed by atoms with van der Waals surface area (Å²) in [5.74, 6) is 0.580. The maximum Gasteiger partial charge on any atom is 0.233 e. The molecule has 0 radical (unpaired) electrons. The monoisotopic (exact) mass is 320 g/mol. The van der Waals surface area contributed by atoms with Crippen LogP contribution in [0.5, 0.6) is 0 Å². The number of fused-ring (bicyclic) bond motifs is 1. The Morgan fingerprint density at radius 3 is 2.95 bits per heavy atom. The smallest absolute Gasteiger partial charge is 0.233 e. The number of nitrogens with zero attached hydrogens (tertiary/aromatic N) is 3. The number of rotatable bonds is 4. The lowest BCUT2D eigenvalue weighted by Crippen LogP contribution is -2.37. The summed E-state index contributed by atoms with van der Waals surface area (Å²) in [4.78, 5) is 14.2. The molecule has 0 fully saturated rings. The number of amides is 1. The molecule has 0 aliphatic carbocycles. The molecule has 1 N–H and O–H groups in total. The van der Waals surface area contributed by atoms with Crippen molar-refractivity contribution in [1.29, 1.82) is 0 Å².